The van der Waals surface area contributed by atoms with Crippen LogP contribution >= 0.6 is 0 Å². The Balaban J connectivity index is 2.67. The number of hydrogen-bond acceptors (Lipinski definition) is 3. The second-order valence-electron chi connectivity index (χ2n) is 3.83. The van der Waals surface area contributed by atoms with Crippen LogP contribution in [0.2, 0.25) is 0 Å². The highest BCUT2D eigenvalue weighted by molar-refractivity contribution is 5.79. The van der Waals surface area contributed by atoms with Crippen LogP contribution in [0.5, 0.6) is 0 Å². The maximum absolute atomic E-state index is 11.5. The van der Waals surface area contributed by atoms with E-state index in [0.29, 0.717) is 6.61 Å². The van der Waals surface area contributed by atoms with Gasteiger partial charge in [-0.15, -0.1) is 0 Å². The van der Waals surface area contributed by atoms with Crippen molar-refractivity contribution in [2.75, 3.05) is 6.61 Å². The molecule has 0 aromatic heterocycles. The van der Waals surface area contributed by atoms with Crippen molar-refractivity contribution < 1.29 is 14.6 Å². The predicted octanol–water partition coefficient (Wildman–Crippen LogP) is 1.66. The zero-order chi connectivity index (χ0) is 10.6. The van der Waals surface area contributed by atoms with Gasteiger partial charge in [0.1, 0.15) is 0 Å². The lowest BCUT2D eigenvalue weighted by Crippen LogP contribution is -2.44. The van der Waals surface area contributed by atoms with Gasteiger partial charge in [0.25, 0.3) is 0 Å². The first-order valence-electron chi connectivity index (χ1n) is 5.15. The molecule has 2 atom stereocenters. The fourth-order valence-electron chi connectivity index (χ4n) is 1.71. The monoisotopic (exact) mass is 198 g/mol. The van der Waals surface area contributed by atoms with E-state index in [1.54, 1.807) is 6.92 Å². The highest BCUT2D eigenvalue weighted by Crippen LogP contribution is 2.28. The van der Waals surface area contributed by atoms with Gasteiger partial charge < -0.3 is 9.84 Å². The summed E-state index contributed by atoms with van der Waals surface area (Å²) in [4.78, 5) is 11.5. The number of carbonyl (C=O) groups excluding carboxylic acids is 1. The summed E-state index contributed by atoms with van der Waals surface area (Å²) in [5.74, 6) is -0.619. The van der Waals surface area contributed by atoms with E-state index in [1.165, 1.54) is 6.92 Å². The van der Waals surface area contributed by atoms with Crippen LogP contribution in [0, 0.1) is 5.92 Å². The number of esters is 1. The van der Waals surface area contributed by atoms with Crippen LogP contribution in [0.1, 0.15) is 33.1 Å². The molecule has 1 aliphatic carbocycles. The molecule has 14 heavy (non-hydrogen) atoms. The summed E-state index contributed by atoms with van der Waals surface area (Å²) >= 11 is 0. The van der Waals surface area contributed by atoms with Gasteiger partial charge in [-0.25, -0.2) is 4.79 Å². The van der Waals surface area contributed by atoms with Crippen LogP contribution in [0.15, 0.2) is 12.2 Å². The summed E-state index contributed by atoms with van der Waals surface area (Å²) in [6, 6.07) is 0. The molecular formula is C11H18O3. The van der Waals surface area contributed by atoms with Crippen LogP contribution in [-0.2, 0) is 9.53 Å². The van der Waals surface area contributed by atoms with E-state index in [4.69, 9.17) is 4.74 Å². The van der Waals surface area contributed by atoms with Crippen molar-refractivity contribution in [3.8, 4) is 0 Å². The predicted molar refractivity (Wildman–Crippen MR) is 53.7 cm³/mol. The first-order chi connectivity index (χ1) is 6.59. The third-order valence-corrected chi connectivity index (χ3v) is 2.67. The molecule has 0 aromatic carbocycles. The van der Waals surface area contributed by atoms with E-state index in [1.807, 2.05) is 12.2 Å². The first-order valence-corrected chi connectivity index (χ1v) is 5.15. The van der Waals surface area contributed by atoms with Gasteiger partial charge in [0.05, 0.1) is 6.61 Å². The molecule has 0 fully saturated rings. The molecule has 0 amide bonds. The van der Waals surface area contributed by atoms with Crippen LogP contribution in [0.3, 0.4) is 0 Å². The summed E-state index contributed by atoms with van der Waals surface area (Å²) in [5.41, 5.74) is -1.37. The molecule has 0 radical (unpaired) electrons. The fraction of sp³-hybridized carbons (Fsp3) is 0.727. The molecule has 3 nitrogen and oxygen atoms in total. The van der Waals surface area contributed by atoms with Gasteiger partial charge in [0, 0.05) is 5.92 Å². The van der Waals surface area contributed by atoms with Gasteiger partial charge in [-0.2, -0.15) is 0 Å². The molecule has 80 valence electrons. The van der Waals surface area contributed by atoms with Gasteiger partial charge in [0.2, 0.25) is 0 Å². The Bertz CT molecular complexity index is 231. The molecule has 0 heterocycles. The minimum atomic E-state index is -1.37. The van der Waals surface area contributed by atoms with Crippen molar-refractivity contribution in [2.24, 2.45) is 5.92 Å². The highest BCUT2D eigenvalue weighted by atomic mass is 16.5. The molecule has 1 rings (SSSR count). The SMILES string of the molecule is CCOC(=O)[C@](C)(O)[C@H]1C=CCCC1. The molecule has 0 saturated carbocycles. The average molecular weight is 198 g/mol. The van der Waals surface area contributed by atoms with E-state index in [2.05, 4.69) is 0 Å². The van der Waals surface area contributed by atoms with Crippen molar-refractivity contribution in [1.29, 1.82) is 0 Å². The summed E-state index contributed by atoms with van der Waals surface area (Å²) in [5, 5.41) is 10.0. The van der Waals surface area contributed by atoms with E-state index >= 15 is 0 Å². The van der Waals surface area contributed by atoms with Crippen LogP contribution in [-0.4, -0.2) is 23.3 Å². The maximum atomic E-state index is 11.5. The molecule has 0 unspecified atom stereocenters. The van der Waals surface area contributed by atoms with E-state index < -0.39 is 11.6 Å². The number of ether oxygens (including phenoxy) is 1. The minimum absolute atomic E-state index is 0.102. The molecular weight excluding hydrogens is 180 g/mol. The second kappa shape index (κ2) is 4.60. The number of hydrogen-bond donors (Lipinski definition) is 1. The lowest BCUT2D eigenvalue weighted by molar-refractivity contribution is -0.167. The van der Waals surface area contributed by atoms with Crippen molar-refractivity contribution in [2.45, 2.75) is 38.7 Å². The molecule has 1 aliphatic rings. The summed E-state index contributed by atoms with van der Waals surface area (Å²) in [6.07, 6.45) is 6.84. The number of aliphatic hydroxyl groups is 1. The summed E-state index contributed by atoms with van der Waals surface area (Å²) in [7, 11) is 0. The van der Waals surface area contributed by atoms with Gasteiger partial charge in [-0.1, -0.05) is 12.2 Å². The van der Waals surface area contributed by atoms with Crippen molar-refractivity contribution >= 4 is 5.97 Å². The minimum Gasteiger partial charge on any atom is -0.464 e. The Morgan fingerprint density at radius 2 is 2.43 bits per heavy atom. The smallest absolute Gasteiger partial charge is 0.338 e. The lowest BCUT2D eigenvalue weighted by Gasteiger charge is -2.30. The van der Waals surface area contributed by atoms with Crippen LogP contribution < -0.4 is 0 Å². The van der Waals surface area contributed by atoms with Crippen LogP contribution in [0.4, 0.5) is 0 Å². The van der Waals surface area contributed by atoms with Crippen molar-refractivity contribution in [3.63, 3.8) is 0 Å². The van der Waals surface area contributed by atoms with Gasteiger partial charge >= 0.3 is 5.97 Å². The normalized spacial score (nSPS) is 25.5. The second-order valence-corrected chi connectivity index (χ2v) is 3.83. The Labute approximate surface area is 84.8 Å². The fourth-order valence-corrected chi connectivity index (χ4v) is 1.71. The molecule has 0 spiro atoms. The molecule has 3 heteroatoms. The van der Waals surface area contributed by atoms with Crippen LogP contribution in [0.25, 0.3) is 0 Å². The third-order valence-electron chi connectivity index (χ3n) is 2.67. The number of rotatable bonds is 3. The Morgan fingerprint density at radius 3 is 2.93 bits per heavy atom. The van der Waals surface area contributed by atoms with Crippen molar-refractivity contribution in [3.05, 3.63) is 12.2 Å². The van der Waals surface area contributed by atoms with Crippen molar-refractivity contribution in [1.82, 2.24) is 0 Å². The van der Waals surface area contributed by atoms with E-state index in [0.717, 1.165) is 19.3 Å². The first kappa shape index (κ1) is 11.2. The summed E-state index contributed by atoms with van der Waals surface area (Å²) in [6.45, 7) is 3.58. The lowest BCUT2D eigenvalue weighted by atomic mass is 9.82. The molecule has 0 aliphatic heterocycles. The zero-order valence-corrected chi connectivity index (χ0v) is 8.82. The van der Waals surface area contributed by atoms with Gasteiger partial charge in [-0.05, 0) is 33.1 Å². The maximum Gasteiger partial charge on any atom is 0.338 e. The molecule has 1 N–H and O–H groups in total. The third kappa shape index (κ3) is 2.35. The molecule has 0 aromatic rings. The Hall–Kier alpha value is -0.830. The summed E-state index contributed by atoms with van der Waals surface area (Å²) < 4.78 is 4.84. The molecule has 0 saturated heterocycles. The topological polar surface area (TPSA) is 46.5 Å². The standard InChI is InChI=1S/C11H18O3/c1-3-14-10(12)11(2,13)9-7-5-4-6-8-9/h5,7,9,13H,3-4,6,8H2,1-2H3/t9-,11+/m0/s1. The Morgan fingerprint density at radius 1 is 1.71 bits per heavy atom. The quantitative estimate of drug-likeness (QED) is 0.554. The van der Waals surface area contributed by atoms with Gasteiger partial charge in [0.15, 0.2) is 5.60 Å². The number of carbonyl (C=O) groups is 1. The van der Waals surface area contributed by atoms with E-state index in [-0.39, 0.29) is 5.92 Å². The molecule has 0 bridgehead atoms. The van der Waals surface area contributed by atoms with E-state index in [9.17, 15) is 9.90 Å². The number of allylic oxidation sites excluding steroid dienone is 1. The Kier molecular flexibility index (Phi) is 3.69. The van der Waals surface area contributed by atoms with Gasteiger partial charge in [-0.3, -0.25) is 0 Å². The average Bonchev–Trinajstić information content (AvgIpc) is 2.19. The largest absolute Gasteiger partial charge is 0.464 e. The zero-order valence-electron chi connectivity index (χ0n) is 8.82. The highest BCUT2D eigenvalue weighted by Gasteiger charge is 2.39.